The summed E-state index contributed by atoms with van der Waals surface area (Å²) in [6.07, 6.45) is 3.66. The maximum atomic E-state index is 11.4. The normalized spacial score (nSPS) is 11.1. The van der Waals surface area contributed by atoms with Gasteiger partial charge in [0.25, 0.3) is 0 Å². The standard InChI is InChI=1S/C16H15N3OS2.CO2/c1-22(20)15-8-6-14(7-9-15)13-4-2-12(3-5-13)11-21-16-10-17-19-18-16;2-1-3/h2-10H,11H2,1H3,(H,17,18,19);. The van der Waals surface area contributed by atoms with E-state index in [2.05, 4.69) is 39.7 Å². The zero-order valence-electron chi connectivity index (χ0n) is 13.3. The number of aromatic amines is 1. The van der Waals surface area contributed by atoms with Gasteiger partial charge < -0.3 is 0 Å². The molecule has 3 aromatic rings. The van der Waals surface area contributed by atoms with Gasteiger partial charge in [-0.15, -0.1) is 5.10 Å². The molecule has 0 saturated carbocycles. The minimum absolute atomic E-state index is 0.250. The minimum Gasteiger partial charge on any atom is -0.255 e. The van der Waals surface area contributed by atoms with Crippen LogP contribution in [-0.2, 0) is 26.1 Å². The van der Waals surface area contributed by atoms with Gasteiger partial charge >= 0.3 is 6.15 Å². The zero-order chi connectivity index (χ0) is 18.1. The lowest BCUT2D eigenvalue weighted by atomic mass is 10.0. The predicted molar refractivity (Wildman–Crippen MR) is 95.2 cm³/mol. The van der Waals surface area contributed by atoms with E-state index >= 15 is 0 Å². The van der Waals surface area contributed by atoms with Crippen LogP contribution in [0.1, 0.15) is 5.56 Å². The van der Waals surface area contributed by atoms with Crippen molar-refractivity contribution in [2.24, 2.45) is 0 Å². The van der Waals surface area contributed by atoms with E-state index in [9.17, 15) is 4.21 Å². The highest BCUT2D eigenvalue weighted by atomic mass is 32.2. The molecule has 1 aromatic heterocycles. The van der Waals surface area contributed by atoms with Crippen LogP contribution in [-0.4, -0.2) is 32.0 Å². The van der Waals surface area contributed by atoms with Gasteiger partial charge in [-0.05, 0) is 28.8 Å². The second kappa shape index (κ2) is 9.68. The Bertz CT molecular complexity index is 842. The highest BCUT2D eigenvalue weighted by molar-refractivity contribution is 7.98. The van der Waals surface area contributed by atoms with Gasteiger partial charge in [-0.25, -0.2) is 0 Å². The van der Waals surface area contributed by atoms with Crippen molar-refractivity contribution >= 4 is 28.7 Å². The highest BCUT2D eigenvalue weighted by Gasteiger charge is 2.02. The number of carbonyl (C=O) groups excluding carboxylic acids is 2. The third-order valence-electron chi connectivity index (χ3n) is 3.25. The summed E-state index contributed by atoms with van der Waals surface area (Å²) in [6, 6.07) is 16.3. The molecule has 0 fully saturated rings. The lowest BCUT2D eigenvalue weighted by Crippen LogP contribution is -1.87. The summed E-state index contributed by atoms with van der Waals surface area (Å²) in [5.41, 5.74) is 3.52. The second-order valence-corrected chi connectivity index (χ2v) is 7.23. The Morgan fingerprint density at radius 1 is 1.04 bits per heavy atom. The topological polar surface area (TPSA) is 92.8 Å². The Labute approximate surface area is 151 Å². The molecule has 0 aliphatic rings. The lowest BCUT2D eigenvalue weighted by molar-refractivity contribution is -0.191. The van der Waals surface area contributed by atoms with Crippen LogP contribution in [0.3, 0.4) is 0 Å². The number of nitrogens with one attached hydrogen (secondary N) is 1. The molecule has 1 heterocycles. The first-order valence-electron chi connectivity index (χ1n) is 7.14. The molecule has 6 nitrogen and oxygen atoms in total. The molecule has 0 saturated heterocycles. The first-order valence-corrected chi connectivity index (χ1v) is 9.69. The number of hydrogen-bond acceptors (Lipinski definition) is 6. The van der Waals surface area contributed by atoms with E-state index in [-0.39, 0.29) is 6.15 Å². The van der Waals surface area contributed by atoms with Crippen molar-refractivity contribution < 1.29 is 13.8 Å². The van der Waals surface area contributed by atoms with Crippen LogP contribution in [0.4, 0.5) is 0 Å². The molecule has 0 amide bonds. The fourth-order valence-corrected chi connectivity index (χ4v) is 3.31. The quantitative estimate of drug-likeness (QED) is 0.691. The van der Waals surface area contributed by atoms with E-state index in [1.165, 1.54) is 5.56 Å². The van der Waals surface area contributed by atoms with E-state index in [1.807, 2.05) is 24.3 Å². The van der Waals surface area contributed by atoms with Gasteiger partial charge in [0.05, 0.1) is 6.20 Å². The molecule has 1 unspecified atom stereocenters. The van der Waals surface area contributed by atoms with Crippen molar-refractivity contribution in [1.29, 1.82) is 0 Å². The third kappa shape index (κ3) is 5.79. The maximum absolute atomic E-state index is 11.4. The van der Waals surface area contributed by atoms with Gasteiger partial charge in [0.15, 0.2) is 0 Å². The molecule has 1 atom stereocenters. The molecule has 25 heavy (non-hydrogen) atoms. The Hall–Kier alpha value is -2.54. The molecule has 0 radical (unpaired) electrons. The van der Waals surface area contributed by atoms with Gasteiger partial charge in [0.1, 0.15) is 5.03 Å². The number of thioether (sulfide) groups is 1. The smallest absolute Gasteiger partial charge is 0.255 e. The van der Waals surface area contributed by atoms with E-state index in [4.69, 9.17) is 9.59 Å². The first kappa shape index (κ1) is 18.8. The van der Waals surface area contributed by atoms with Crippen molar-refractivity contribution in [3.05, 3.63) is 60.3 Å². The molecule has 1 N–H and O–H groups in total. The van der Waals surface area contributed by atoms with Crippen LogP contribution < -0.4 is 0 Å². The summed E-state index contributed by atoms with van der Waals surface area (Å²) in [4.78, 5) is 17.1. The predicted octanol–water partition coefficient (Wildman–Crippen LogP) is 2.92. The van der Waals surface area contributed by atoms with E-state index in [0.717, 1.165) is 26.8 Å². The van der Waals surface area contributed by atoms with Gasteiger partial charge in [-0.1, -0.05) is 48.2 Å². The average molecular weight is 373 g/mol. The first-order chi connectivity index (χ1) is 12.1. The number of aromatic nitrogens is 3. The third-order valence-corrected chi connectivity index (χ3v) is 5.16. The van der Waals surface area contributed by atoms with Crippen molar-refractivity contribution in [2.45, 2.75) is 15.7 Å². The largest absolute Gasteiger partial charge is 0.373 e. The van der Waals surface area contributed by atoms with Gasteiger partial charge in [0, 0.05) is 27.7 Å². The number of benzene rings is 2. The summed E-state index contributed by atoms with van der Waals surface area (Å²) in [7, 11) is -0.931. The van der Waals surface area contributed by atoms with Crippen molar-refractivity contribution in [2.75, 3.05) is 6.26 Å². The second-order valence-electron chi connectivity index (χ2n) is 4.86. The summed E-state index contributed by atoms with van der Waals surface area (Å²) in [6.45, 7) is 0. The Morgan fingerprint density at radius 2 is 1.60 bits per heavy atom. The molecular weight excluding hydrogens is 358 g/mol. The van der Waals surface area contributed by atoms with E-state index in [0.29, 0.717) is 0 Å². The van der Waals surface area contributed by atoms with Crippen LogP contribution in [0.15, 0.2) is 64.6 Å². The van der Waals surface area contributed by atoms with E-state index < -0.39 is 10.8 Å². The van der Waals surface area contributed by atoms with Crippen molar-refractivity contribution in [3.63, 3.8) is 0 Å². The van der Waals surface area contributed by atoms with Gasteiger partial charge in [0.2, 0.25) is 0 Å². The molecule has 3 rings (SSSR count). The number of nitrogens with zero attached hydrogens (tertiary/aromatic N) is 2. The fourth-order valence-electron chi connectivity index (χ4n) is 2.05. The van der Waals surface area contributed by atoms with Crippen molar-refractivity contribution in [3.8, 4) is 11.1 Å². The summed E-state index contributed by atoms with van der Waals surface area (Å²) in [5, 5.41) is 11.3. The van der Waals surface area contributed by atoms with Crippen molar-refractivity contribution in [1.82, 2.24) is 15.4 Å². The average Bonchev–Trinajstić information content (AvgIpc) is 3.15. The van der Waals surface area contributed by atoms with Gasteiger partial charge in [-0.3, -0.25) is 4.21 Å². The van der Waals surface area contributed by atoms with Gasteiger partial charge in [-0.2, -0.15) is 19.9 Å². The number of hydrogen-bond donors (Lipinski definition) is 1. The molecule has 0 aliphatic carbocycles. The summed E-state index contributed by atoms with van der Waals surface area (Å²) >= 11 is 1.65. The van der Waals surface area contributed by atoms with Crippen LogP contribution in [0.25, 0.3) is 11.1 Å². The molecule has 0 bridgehead atoms. The fraction of sp³-hybridized carbons (Fsp3) is 0.118. The van der Waals surface area contributed by atoms with Crippen LogP contribution in [0.2, 0.25) is 0 Å². The van der Waals surface area contributed by atoms with Crippen LogP contribution in [0.5, 0.6) is 0 Å². The summed E-state index contributed by atoms with van der Waals surface area (Å²) < 4.78 is 11.4. The molecule has 8 heteroatoms. The molecule has 2 aromatic carbocycles. The number of rotatable bonds is 5. The zero-order valence-corrected chi connectivity index (χ0v) is 15.0. The Morgan fingerprint density at radius 3 is 2.08 bits per heavy atom. The molecular formula is C17H15N3O3S2. The van der Waals surface area contributed by atoms with Crippen LogP contribution in [0, 0.1) is 0 Å². The number of H-pyrrole nitrogens is 1. The maximum Gasteiger partial charge on any atom is 0.373 e. The molecule has 0 spiro atoms. The molecule has 128 valence electrons. The Kier molecular flexibility index (Phi) is 7.28. The van der Waals surface area contributed by atoms with E-state index in [1.54, 1.807) is 24.2 Å². The summed E-state index contributed by atoms with van der Waals surface area (Å²) in [5.74, 6) is 0.862. The SMILES string of the molecule is CS(=O)c1ccc(-c2ccc(CSc3cn[nH]n3)cc2)cc1.O=C=O. The lowest BCUT2D eigenvalue weighted by Gasteiger charge is -2.05. The molecule has 0 aliphatic heterocycles. The Balaban J connectivity index is 0.000000701. The highest BCUT2D eigenvalue weighted by Crippen LogP contribution is 2.24. The van der Waals surface area contributed by atoms with Crippen LogP contribution >= 0.6 is 11.8 Å². The minimum atomic E-state index is -0.931. The monoisotopic (exact) mass is 373 g/mol.